The summed E-state index contributed by atoms with van der Waals surface area (Å²) in [6, 6.07) is 0. The van der Waals surface area contributed by atoms with Crippen molar-refractivity contribution in [1.29, 1.82) is 0 Å². The highest BCUT2D eigenvalue weighted by molar-refractivity contribution is 5.06. The van der Waals surface area contributed by atoms with Crippen molar-refractivity contribution < 1.29 is 4.74 Å². The molecule has 0 spiro atoms. The van der Waals surface area contributed by atoms with Gasteiger partial charge in [-0.15, -0.1) is 0 Å². The first kappa shape index (κ1) is 8.55. The summed E-state index contributed by atoms with van der Waals surface area (Å²) in [7, 11) is 1.91. The maximum atomic E-state index is 5.85. The Morgan fingerprint density at radius 2 is 1.50 bits per heavy atom. The molecule has 0 unspecified atom stereocenters. The Kier molecular flexibility index (Phi) is 1.95. The van der Waals surface area contributed by atoms with Crippen molar-refractivity contribution in [1.82, 2.24) is 0 Å². The molecule has 0 N–H and O–H groups in total. The Labute approximate surface area is 75.5 Å². The standard InChI is InChI=1S/C11H20O/c1-8(2)11(12-3,9-4-5-9)10-6-7-10/h8-10H,4-7H2,1-3H3. The number of methoxy groups -OCH3 is 1. The van der Waals surface area contributed by atoms with Crippen molar-refractivity contribution >= 4 is 0 Å². The van der Waals surface area contributed by atoms with Crippen LogP contribution in [0.25, 0.3) is 0 Å². The third-order valence-electron chi connectivity index (χ3n) is 3.69. The quantitative estimate of drug-likeness (QED) is 0.627. The average Bonchev–Trinajstić information content (AvgIpc) is 2.84. The first-order valence-corrected chi connectivity index (χ1v) is 5.27. The molecule has 2 saturated carbocycles. The van der Waals surface area contributed by atoms with E-state index in [-0.39, 0.29) is 5.60 Å². The zero-order valence-corrected chi connectivity index (χ0v) is 8.47. The second-order valence-corrected chi connectivity index (χ2v) is 4.76. The number of ether oxygens (including phenoxy) is 1. The summed E-state index contributed by atoms with van der Waals surface area (Å²) in [6.07, 6.45) is 5.62. The third-order valence-corrected chi connectivity index (χ3v) is 3.69. The molecule has 0 saturated heterocycles. The van der Waals surface area contributed by atoms with E-state index in [1.54, 1.807) is 0 Å². The molecule has 0 aromatic carbocycles. The van der Waals surface area contributed by atoms with Gasteiger partial charge in [0, 0.05) is 7.11 Å². The second-order valence-electron chi connectivity index (χ2n) is 4.76. The summed E-state index contributed by atoms with van der Waals surface area (Å²) < 4.78 is 5.85. The lowest BCUT2D eigenvalue weighted by Crippen LogP contribution is -2.42. The van der Waals surface area contributed by atoms with Crippen LogP contribution in [-0.2, 0) is 4.74 Å². The summed E-state index contributed by atoms with van der Waals surface area (Å²) >= 11 is 0. The molecule has 0 aliphatic heterocycles. The first-order valence-electron chi connectivity index (χ1n) is 5.27. The lowest BCUT2D eigenvalue weighted by Gasteiger charge is -2.37. The Morgan fingerprint density at radius 1 is 1.08 bits per heavy atom. The Hall–Kier alpha value is -0.0400. The minimum atomic E-state index is 0.264. The van der Waals surface area contributed by atoms with Gasteiger partial charge in [0.05, 0.1) is 5.60 Å². The molecule has 1 heteroatoms. The van der Waals surface area contributed by atoms with Crippen molar-refractivity contribution in [2.75, 3.05) is 7.11 Å². The summed E-state index contributed by atoms with van der Waals surface area (Å²) in [4.78, 5) is 0. The number of hydrogen-bond donors (Lipinski definition) is 0. The van der Waals surface area contributed by atoms with E-state index >= 15 is 0 Å². The summed E-state index contributed by atoms with van der Waals surface area (Å²) in [5.74, 6) is 2.47. The van der Waals surface area contributed by atoms with Gasteiger partial charge in [-0.3, -0.25) is 0 Å². The van der Waals surface area contributed by atoms with E-state index in [9.17, 15) is 0 Å². The van der Waals surface area contributed by atoms with Crippen LogP contribution in [0.2, 0.25) is 0 Å². The fourth-order valence-electron chi connectivity index (χ4n) is 2.91. The van der Waals surface area contributed by atoms with Gasteiger partial charge < -0.3 is 4.74 Å². The van der Waals surface area contributed by atoms with Crippen molar-refractivity contribution in [2.24, 2.45) is 17.8 Å². The Bertz CT molecular complexity index is 148. The molecule has 0 bridgehead atoms. The molecule has 2 aliphatic rings. The highest BCUT2D eigenvalue weighted by Gasteiger charge is 2.56. The molecule has 2 rings (SSSR count). The van der Waals surface area contributed by atoms with Crippen LogP contribution in [0.3, 0.4) is 0 Å². The maximum Gasteiger partial charge on any atom is 0.0757 e. The summed E-state index contributed by atoms with van der Waals surface area (Å²) in [6.45, 7) is 4.64. The van der Waals surface area contributed by atoms with Gasteiger partial charge in [0.1, 0.15) is 0 Å². The number of rotatable bonds is 4. The smallest absolute Gasteiger partial charge is 0.0757 e. The van der Waals surface area contributed by atoms with Gasteiger partial charge in [0.2, 0.25) is 0 Å². The van der Waals surface area contributed by atoms with Gasteiger partial charge >= 0.3 is 0 Å². The van der Waals surface area contributed by atoms with Crippen LogP contribution in [0, 0.1) is 17.8 Å². The lowest BCUT2D eigenvalue weighted by atomic mass is 9.81. The maximum absolute atomic E-state index is 5.85. The second kappa shape index (κ2) is 2.73. The lowest BCUT2D eigenvalue weighted by molar-refractivity contribution is -0.0839. The molecule has 0 radical (unpaired) electrons. The molecule has 2 fully saturated rings. The molecule has 0 aromatic rings. The first-order chi connectivity index (χ1) is 5.71. The van der Waals surface area contributed by atoms with Crippen LogP contribution in [0.15, 0.2) is 0 Å². The average molecular weight is 168 g/mol. The Morgan fingerprint density at radius 3 is 1.67 bits per heavy atom. The molecular formula is C11H20O. The van der Waals surface area contributed by atoms with E-state index in [2.05, 4.69) is 13.8 Å². The summed E-state index contributed by atoms with van der Waals surface area (Å²) in [5.41, 5.74) is 0.264. The molecule has 12 heavy (non-hydrogen) atoms. The van der Waals surface area contributed by atoms with E-state index in [0.29, 0.717) is 5.92 Å². The minimum Gasteiger partial charge on any atom is -0.377 e. The molecular weight excluding hydrogens is 148 g/mol. The largest absolute Gasteiger partial charge is 0.377 e. The molecule has 2 aliphatic carbocycles. The van der Waals surface area contributed by atoms with E-state index in [1.807, 2.05) is 7.11 Å². The van der Waals surface area contributed by atoms with Crippen LogP contribution >= 0.6 is 0 Å². The Balaban J connectivity index is 2.15. The molecule has 0 amide bonds. The van der Waals surface area contributed by atoms with Crippen LogP contribution in [-0.4, -0.2) is 12.7 Å². The SMILES string of the molecule is COC(C(C)C)(C1CC1)C1CC1. The van der Waals surface area contributed by atoms with E-state index < -0.39 is 0 Å². The van der Waals surface area contributed by atoms with Gasteiger partial charge in [0.15, 0.2) is 0 Å². The van der Waals surface area contributed by atoms with Crippen molar-refractivity contribution in [2.45, 2.75) is 45.1 Å². The normalized spacial score (nSPS) is 25.0. The minimum absolute atomic E-state index is 0.264. The van der Waals surface area contributed by atoms with Crippen LogP contribution in [0.1, 0.15) is 39.5 Å². The zero-order chi connectivity index (χ0) is 8.77. The molecule has 0 heterocycles. The van der Waals surface area contributed by atoms with Gasteiger partial charge in [-0.1, -0.05) is 13.8 Å². The van der Waals surface area contributed by atoms with Gasteiger partial charge in [-0.25, -0.2) is 0 Å². The van der Waals surface area contributed by atoms with Crippen molar-refractivity contribution in [3.63, 3.8) is 0 Å². The molecule has 70 valence electrons. The predicted molar refractivity (Wildman–Crippen MR) is 50.0 cm³/mol. The van der Waals surface area contributed by atoms with Crippen LogP contribution < -0.4 is 0 Å². The van der Waals surface area contributed by atoms with Crippen LogP contribution in [0.4, 0.5) is 0 Å². The van der Waals surface area contributed by atoms with Crippen molar-refractivity contribution in [3.8, 4) is 0 Å². The van der Waals surface area contributed by atoms with Crippen LogP contribution in [0.5, 0.6) is 0 Å². The van der Waals surface area contributed by atoms with E-state index in [0.717, 1.165) is 11.8 Å². The fourth-order valence-corrected chi connectivity index (χ4v) is 2.91. The van der Waals surface area contributed by atoms with Gasteiger partial charge in [-0.05, 0) is 43.4 Å². The molecule has 0 atom stereocenters. The van der Waals surface area contributed by atoms with Gasteiger partial charge in [0.25, 0.3) is 0 Å². The topological polar surface area (TPSA) is 9.23 Å². The highest BCUT2D eigenvalue weighted by atomic mass is 16.5. The monoisotopic (exact) mass is 168 g/mol. The summed E-state index contributed by atoms with van der Waals surface area (Å²) in [5, 5.41) is 0. The predicted octanol–water partition coefficient (Wildman–Crippen LogP) is 2.85. The van der Waals surface area contributed by atoms with Crippen molar-refractivity contribution in [3.05, 3.63) is 0 Å². The fraction of sp³-hybridized carbons (Fsp3) is 1.00. The molecule has 0 aromatic heterocycles. The number of hydrogen-bond acceptors (Lipinski definition) is 1. The third kappa shape index (κ3) is 1.10. The van der Waals surface area contributed by atoms with E-state index in [4.69, 9.17) is 4.74 Å². The molecule has 1 nitrogen and oxygen atoms in total. The van der Waals surface area contributed by atoms with Gasteiger partial charge in [-0.2, -0.15) is 0 Å². The van der Waals surface area contributed by atoms with E-state index in [1.165, 1.54) is 25.7 Å². The highest BCUT2D eigenvalue weighted by Crippen LogP contribution is 2.57. The zero-order valence-electron chi connectivity index (χ0n) is 8.47.